The predicted octanol–water partition coefficient (Wildman–Crippen LogP) is 3.16. The van der Waals surface area contributed by atoms with Crippen molar-refractivity contribution in [3.63, 3.8) is 0 Å². The van der Waals surface area contributed by atoms with Gasteiger partial charge in [-0.05, 0) is 35.4 Å². The van der Waals surface area contributed by atoms with Crippen molar-refractivity contribution in [3.05, 3.63) is 53.1 Å². The van der Waals surface area contributed by atoms with Crippen LogP contribution in [0.4, 0.5) is 5.69 Å². The van der Waals surface area contributed by atoms with Crippen molar-refractivity contribution in [2.75, 3.05) is 18.5 Å². The number of hydrogen-bond donors (Lipinski definition) is 1. The van der Waals surface area contributed by atoms with E-state index in [0.29, 0.717) is 18.2 Å². The Morgan fingerprint density at radius 3 is 2.57 bits per heavy atom. The van der Waals surface area contributed by atoms with Crippen molar-refractivity contribution in [2.45, 2.75) is 5.79 Å². The molecule has 0 aliphatic carbocycles. The highest BCUT2D eigenvalue weighted by Crippen LogP contribution is 2.43. The Kier molecular flexibility index (Phi) is 2.79. The molecule has 2 aliphatic rings. The van der Waals surface area contributed by atoms with E-state index in [2.05, 4.69) is 5.32 Å². The molecule has 106 valence electrons. The summed E-state index contributed by atoms with van der Waals surface area (Å²) in [5.41, 5.74) is 3.40. The highest BCUT2D eigenvalue weighted by Gasteiger charge is 2.52. The van der Waals surface area contributed by atoms with E-state index in [1.54, 1.807) is 0 Å². The minimum absolute atomic E-state index is 0.266. The molecule has 1 saturated heterocycles. The maximum atomic E-state index is 12.2. The second-order valence-corrected chi connectivity index (χ2v) is 5.47. The van der Waals surface area contributed by atoms with Crippen molar-refractivity contribution in [3.8, 4) is 11.1 Å². The molecular formula is C16H12ClNO3. The monoisotopic (exact) mass is 301 g/mol. The van der Waals surface area contributed by atoms with Crippen LogP contribution in [0.3, 0.4) is 0 Å². The van der Waals surface area contributed by atoms with Crippen LogP contribution in [0.5, 0.6) is 0 Å². The third kappa shape index (κ3) is 1.87. The van der Waals surface area contributed by atoms with Crippen LogP contribution in [0.25, 0.3) is 11.1 Å². The van der Waals surface area contributed by atoms with Crippen molar-refractivity contribution >= 4 is 23.2 Å². The first-order chi connectivity index (χ1) is 10.2. The predicted molar refractivity (Wildman–Crippen MR) is 79.1 cm³/mol. The summed E-state index contributed by atoms with van der Waals surface area (Å²) >= 11 is 6.04. The number of halogens is 1. The lowest BCUT2D eigenvalue weighted by atomic mass is 9.99. The molecule has 4 nitrogen and oxygen atoms in total. The third-order valence-electron chi connectivity index (χ3n) is 3.77. The normalized spacial score (nSPS) is 18.8. The largest absolute Gasteiger partial charge is 0.336 e. The van der Waals surface area contributed by atoms with E-state index < -0.39 is 5.79 Å². The van der Waals surface area contributed by atoms with E-state index in [9.17, 15) is 4.79 Å². The minimum atomic E-state index is -1.29. The molecule has 0 atom stereocenters. The second-order valence-electron chi connectivity index (χ2n) is 5.04. The highest BCUT2D eigenvalue weighted by atomic mass is 35.5. The average molecular weight is 302 g/mol. The number of nitrogens with one attached hydrogen (secondary N) is 1. The third-order valence-corrected chi connectivity index (χ3v) is 4.01. The minimum Gasteiger partial charge on any atom is -0.336 e. The van der Waals surface area contributed by atoms with E-state index in [-0.39, 0.29) is 5.91 Å². The van der Waals surface area contributed by atoms with E-state index in [1.165, 1.54) is 0 Å². The van der Waals surface area contributed by atoms with Crippen LogP contribution in [-0.2, 0) is 20.1 Å². The van der Waals surface area contributed by atoms with Crippen LogP contribution in [0.15, 0.2) is 42.5 Å². The van der Waals surface area contributed by atoms with E-state index in [4.69, 9.17) is 21.1 Å². The molecular weight excluding hydrogens is 290 g/mol. The van der Waals surface area contributed by atoms with E-state index in [0.717, 1.165) is 22.4 Å². The Hall–Kier alpha value is -1.88. The smallest absolute Gasteiger partial charge is 0.289 e. The number of carbonyl (C=O) groups is 1. The summed E-state index contributed by atoms with van der Waals surface area (Å²) in [4.78, 5) is 12.2. The Balaban J connectivity index is 1.85. The van der Waals surface area contributed by atoms with Gasteiger partial charge in [-0.25, -0.2) is 0 Å². The number of anilines is 1. The first-order valence-electron chi connectivity index (χ1n) is 6.69. The van der Waals surface area contributed by atoms with Crippen molar-refractivity contribution in [2.24, 2.45) is 0 Å². The zero-order valence-corrected chi connectivity index (χ0v) is 11.8. The lowest BCUT2D eigenvalue weighted by molar-refractivity contribution is -0.178. The molecule has 1 fully saturated rings. The van der Waals surface area contributed by atoms with Gasteiger partial charge in [-0.15, -0.1) is 0 Å². The van der Waals surface area contributed by atoms with Crippen molar-refractivity contribution < 1.29 is 14.3 Å². The van der Waals surface area contributed by atoms with Gasteiger partial charge in [0.15, 0.2) is 0 Å². The molecule has 0 unspecified atom stereocenters. The Morgan fingerprint density at radius 1 is 1.05 bits per heavy atom. The Labute approximate surface area is 126 Å². The molecule has 0 bridgehead atoms. The van der Waals surface area contributed by atoms with Crippen LogP contribution in [-0.4, -0.2) is 19.1 Å². The zero-order chi connectivity index (χ0) is 14.4. The number of benzene rings is 2. The van der Waals surface area contributed by atoms with Gasteiger partial charge in [0.25, 0.3) is 11.7 Å². The lowest BCUT2D eigenvalue weighted by Crippen LogP contribution is -2.35. The Bertz CT molecular complexity index is 738. The van der Waals surface area contributed by atoms with E-state index in [1.807, 2.05) is 42.5 Å². The molecule has 2 aliphatic heterocycles. The molecule has 4 rings (SSSR count). The SMILES string of the molecule is O=C1Nc2ccc(-c3cccc(Cl)c3)cc2C12OCCO2. The average Bonchev–Trinajstić information content (AvgIpc) is 3.07. The molecule has 0 saturated carbocycles. The molecule has 5 heteroatoms. The molecule has 21 heavy (non-hydrogen) atoms. The number of ether oxygens (including phenoxy) is 2. The number of amides is 1. The van der Waals surface area contributed by atoms with Gasteiger partial charge in [-0.2, -0.15) is 0 Å². The van der Waals surface area contributed by atoms with Gasteiger partial charge in [-0.3, -0.25) is 4.79 Å². The van der Waals surface area contributed by atoms with Crippen LogP contribution < -0.4 is 5.32 Å². The fraction of sp³-hybridized carbons (Fsp3) is 0.188. The van der Waals surface area contributed by atoms with Gasteiger partial charge < -0.3 is 14.8 Å². The molecule has 1 spiro atoms. The Morgan fingerprint density at radius 2 is 1.81 bits per heavy atom. The maximum Gasteiger partial charge on any atom is 0.289 e. The first-order valence-corrected chi connectivity index (χ1v) is 7.07. The molecule has 2 heterocycles. The van der Waals surface area contributed by atoms with Gasteiger partial charge in [0.05, 0.1) is 18.9 Å². The summed E-state index contributed by atoms with van der Waals surface area (Å²) < 4.78 is 11.2. The quantitative estimate of drug-likeness (QED) is 0.880. The molecule has 2 aromatic rings. The van der Waals surface area contributed by atoms with Gasteiger partial charge in [-0.1, -0.05) is 29.8 Å². The van der Waals surface area contributed by atoms with Gasteiger partial charge in [0.2, 0.25) is 0 Å². The van der Waals surface area contributed by atoms with E-state index >= 15 is 0 Å². The van der Waals surface area contributed by atoms with Gasteiger partial charge in [0, 0.05) is 10.6 Å². The maximum absolute atomic E-state index is 12.2. The molecule has 2 aromatic carbocycles. The molecule has 1 amide bonds. The lowest BCUT2D eigenvalue weighted by Gasteiger charge is -2.19. The summed E-state index contributed by atoms with van der Waals surface area (Å²) in [6.45, 7) is 0.822. The fourth-order valence-electron chi connectivity index (χ4n) is 2.80. The zero-order valence-electron chi connectivity index (χ0n) is 11.1. The number of hydrogen-bond acceptors (Lipinski definition) is 3. The number of rotatable bonds is 1. The van der Waals surface area contributed by atoms with Gasteiger partial charge >= 0.3 is 0 Å². The summed E-state index contributed by atoms with van der Waals surface area (Å²) in [6, 6.07) is 13.3. The summed E-state index contributed by atoms with van der Waals surface area (Å²) in [5, 5.41) is 3.48. The van der Waals surface area contributed by atoms with Crippen molar-refractivity contribution in [1.82, 2.24) is 0 Å². The topological polar surface area (TPSA) is 47.6 Å². The second kappa shape index (κ2) is 4.56. The number of carbonyl (C=O) groups excluding carboxylic acids is 1. The first kappa shape index (κ1) is 12.8. The molecule has 0 aromatic heterocycles. The van der Waals surface area contributed by atoms with Crippen molar-refractivity contribution in [1.29, 1.82) is 0 Å². The van der Waals surface area contributed by atoms with Crippen LogP contribution in [0, 0.1) is 0 Å². The summed E-state index contributed by atoms with van der Waals surface area (Å²) in [5.74, 6) is -1.55. The van der Waals surface area contributed by atoms with Crippen LogP contribution in [0.1, 0.15) is 5.56 Å². The van der Waals surface area contributed by atoms with Crippen LogP contribution in [0.2, 0.25) is 5.02 Å². The molecule has 0 radical (unpaired) electrons. The summed E-state index contributed by atoms with van der Waals surface area (Å²) in [7, 11) is 0. The number of fused-ring (bicyclic) bond motifs is 2. The highest BCUT2D eigenvalue weighted by molar-refractivity contribution is 6.30. The van der Waals surface area contributed by atoms with Gasteiger partial charge in [0.1, 0.15) is 0 Å². The van der Waals surface area contributed by atoms with Crippen LogP contribution >= 0.6 is 11.6 Å². The standard InChI is InChI=1S/C16H12ClNO3/c17-12-3-1-2-10(8-12)11-4-5-14-13(9-11)16(15(19)18-14)20-6-7-21-16/h1-5,8-9H,6-7H2,(H,18,19). The molecule has 1 N–H and O–H groups in total. The summed E-state index contributed by atoms with van der Waals surface area (Å²) in [6.07, 6.45) is 0. The fourth-order valence-corrected chi connectivity index (χ4v) is 2.99.